The van der Waals surface area contributed by atoms with Gasteiger partial charge in [0.25, 0.3) is 0 Å². The highest BCUT2D eigenvalue weighted by Crippen LogP contribution is 2.51. The molecule has 0 saturated carbocycles. The lowest BCUT2D eigenvalue weighted by Crippen LogP contribution is -2.29. The Balaban J connectivity index is 0.000000140. The molecule has 5 atom stereocenters. The van der Waals surface area contributed by atoms with Gasteiger partial charge in [-0.3, -0.25) is 14.0 Å². The number of carbonyl (C=O) groups excluding carboxylic acids is 2. The number of nitrogens with zero attached hydrogens (tertiary/aromatic N) is 9. The van der Waals surface area contributed by atoms with Gasteiger partial charge >= 0.3 is 17.9 Å². The van der Waals surface area contributed by atoms with Crippen LogP contribution in [0.1, 0.15) is 170 Å². The van der Waals surface area contributed by atoms with E-state index in [0.717, 1.165) is 205 Å². The molecule has 21 nitrogen and oxygen atoms in total. The molecule has 3 aliphatic heterocycles. The Morgan fingerprint density at radius 1 is 0.457 bits per heavy atom. The number of thiazole rings is 3. The van der Waals surface area contributed by atoms with Gasteiger partial charge in [0.15, 0.2) is 18.3 Å². The van der Waals surface area contributed by atoms with E-state index in [2.05, 4.69) is 60.7 Å². The standard InChI is InChI=1S/C34H36ClN3O4S.C34H34ClN3O4S.C32H32ClN3O4S/c2*1-7-41-33(39)30(42-34(3,4)5)27-19(2)16-25-31(28(27)20-8-11-23(35)12-9-20)43-32(36-25)21-10-13-26-24(17-21)29(37-38(26)6)22-14-15-40-18-22;1-17-14-23-29(26(18-6-9-21(33)10-7-18)25(17)28(31(37)38)40-32(2,3)4)41-30(34-23)19-8-11-24-22(15-19)27(35-36(24)5)20-12-13-39-16-20/h8-13,16-17,22,30H,7,14-15,18H2,1-6H3;8-14,16-17,30H,7,15,18H2,1-6H3;6-11,14-15,20,28H,12-13,16H2,1-5H3,(H,37,38)/t22?,30-;30-;20?,28-/m000/s1. The maximum absolute atomic E-state index is 13.4. The first-order valence-electron chi connectivity index (χ1n) is 42.6. The second kappa shape index (κ2) is 36.8. The van der Waals surface area contributed by atoms with E-state index in [1.807, 2.05) is 216 Å². The molecule has 658 valence electrons. The first-order chi connectivity index (χ1) is 60.6. The predicted octanol–water partition coefficient (Wildman–Crippen LogP) is 24.6. The molecule has 0 spiro atoms. The molecule has 2 fully saturated rings. The number of esters is 2. The van der Waals surface area contributed by atoms with E-state index in [4.69, 9.17) is 103 Å². The van der Waals surface area contributed by atoms with Gasteiger partial charge in [-0.2, -0.15) is 15.3 Å². The molecule has 9 heterocycles. The van der Waals surface area contributed by atoms with Gasteiger partial charge in [0.2, 0.25) is 0 Å². The van der Waals surface area contributed by atoms with Crippen molar-refractivity contribution in [3.05, 3.63) is 217 Å². The summed E-state index contributed by atoms with van der Waals surface area (Å²) in [5.41, 5.74) is 21.2. The van der Waals surface area contributed by atoms with E-state index in [1.165, 1.54) is 0 Å². The van der Waals surface area contributed by atoms with Crippen LogP contribution in [0.15, 0.2) is 152 Å². The van der Waals surface area contributed by atoms with Crippen molar-refractivity contribution in [2.75, 3.05) is 52.9 Å². The smallest absolute Gasteiger partial charge is 0.339 e. The fourth-order valence-electron chi connectivity index (χ4n) is 17.0. The zero-order valence-corrected chi connectivity index (χ0v) is 78.9. The van der Waals surface area contributed by atoms with Crippen LogP contribution in [0.5, 0.6) is 0 Å². The number of ether oxygens (including phenoxy) is 8. The molecule has 127 heavy (non-hydrogen) atoms. The minimum Gasteiger partial charge on any atom is -0.479 e. The van der Waals surface area contributed by atoms with Gasteiger partial charge in [0.05, 0.1) is 121 Å². The van der Waals surface area contributed by atoms with Gasteiger partial charge in [-0.05, 0) is 252 Å². The molecular formula is C100H102Cl3N9O12S3. The highest BCUT2D eigenvalue weighted by atomic mass is 35.5. The summed E-state index contributed by atoms with van der Waals surface area (Å²) in [7, 11) is 5.92. The van der Waals surface area contributed by atoms with Crippen molar-refractivity contribution < 1.29 is 57.4 Å². The molecule has 6 aromatic heterocycles. The molecule has 0 radical (unpaired) electrons. The van der Waals surface area contributed by atoms with Gasteiger partial charge in [-0.1, -0.05) is 77.3 Å². The number of fused-ring (bicyclic) bond motifs is 6. The Morgan fingerprint density at radius 3 is 1.11 bits per heavy atom. The van der Waals surface area contributed by atoms with E-state index in [9.17, 15) is 19.5 Å². The summed E-state index contributed by atoms with van der Waals surface area (Å²) >= 11 is 23.6. The maximum Gasteiger partial charge on any atom is 0.339 e. The molecule has 0 amide bonds. The van der Waals surface area contributed by atoms with E-state index >= 15 is 0 Å². The zero-order chi connectivity index (χ0) is 90.0. The number of hydrogen-bond acceptors (Lipinski definition) is 20. The van der Waals surface area contributed by atoms with E-state index in [1.54, 1.807) is 40.9 Å². The SMILES string of the molecule is CCOC(=O)[C@@H](OC(C)(C)C)c1c(C)cc2nc(-c3ccc4c(c3)c(C3=CCOC3)nn4C)sc2c1-c1ccc(Cl)cc1.CCOC(=O)[C@@H](OC(C)(C)C)c1c(C)cc2nc(-c3ccc4c(c3)c(C3CCOC3)nn4C)sc2c1-c1ccc(Cl)cc1.Cc1cc2nc(-c3ccc4c(c3)c(C3CCOC3)nn4C)sc2c(-c2ccc(Cl)cc2)c1[C@H](OC(C)(C)C)C(=O)O. The molecular weight excluding hydrogens is 1720 g/mol. The Hall–Kier alpha value is -10.2. The monoisotopic (exact) mass is 1820 g/mol. The maximum atomic E-state index is 13.4. The number of carboxylic acids is 1. The summed E-state index contributed by atoms with van der Waals surface area (Å²) in [4.78, 5) is 54.8. The highest BCUT2D eigenvalue weighted by Gasteiger charge is 2.38. The third-order valence-electron chi connectivity index (χ3n) is 22.6. The fourth-order valence-corrected chi connectivity index (χ4v) is 20.8. The van der Waals surface area contributed by atoms with Crippen molar-refractivity contribution in [1.29, 1.82) is 0 Å². The van der Waals surface area contributed by atoms with Crippen LogP contribution in [-0.2, 0) is 73.4 Å². The third kappa shape index (κ3) is 19.0. The number of aryl methyl sites for hydroxylation is 6. The van der Waals surface area contributed by atoms with Crippen LogP contribution in [0.2, 0.25) is 15.1 Å². The van der Waals surface area contributed by atoms with Gasteiger partial charge < -0.3 is 43.0 Å². The quantitative estimate of drug-likeness (QED) is 0.0698. The van der Waals surface area contributed by atoms with Crippen LogP contribution in [0.4, 0.5) is 0 Å². The van der Waals surface area contributed by atoms with Crippen molar-refractivity contribution in [3.63, 3.8) is 0 Å². The van der Waals surface area contributed by atoms with Crippen LogP contribution in [-0.4, -0.2) is 137 Å². The van der Waals surface area contributed by atoms with E-state index in [0.29, 0.717) is 53.0 Å². The number of aliphatic carboxylic acids is 1. The van der Waals surface area contributed by atoms with Crippen LogP contribution >= 0.6 is 68.8 Å². The molecule has 1 N–H and O–H groups in total. The van der Waals surface area contributed by atoms with Crippen LogP contribution in [0.3, 0.4) is 0 Å². The summed E-state index contributed by atoms with van der Waals surface area (Å²) in [6, 6.07) is 48.0. The molecule has 18 rings (SSSR count). The molecule has 15 aromatic rings. The van der Waals surface area contributed by atoms with Crippen molar-refractivity contribution in [3.8, 4) is 65.1 Å². The number of halogens is 3. The molecule has 9 aromatic carbocycles. The fraction of sp³-hybridized carbons (Fsp3) is 0.350. The third-order valence-corrected chi connectivity index (χ3v) is 26.8. The van der Waals surface area contributed by atoms with Crippen molar-refractivity contribution >= 4 is 156 Å². The molecule has 2 saturated heterocycles. The van der Waals surface area contributed by atoms with Crippen LogP contribution < -0.4 is 0 Å². The number of benzene rings is 9. The number of rotatable bonds is 20. The van der Waals surface area contributed by atoms with Gasteiger partial charge in [-0.25, -0.2) is 29.3 Å². The number of hydrogen-bond donors (Lipinski definition) is 1. The van der Waals surface area contributed by atoms with Gasteiger partial charge in [0.1, 0.15) is 15.0 Å². The first-order valence-corrected chi connectivity index (χ1v) is 46.2. The van der Waals surface area contributed by atoms with Gasteiger partial charge in [-0.15, -0.1) is 34.0 Å². The highest BCUT2D eigenvalue weighted by molar-refractivity contribution is 7.23. The minimum atomic E-state index is -1.15. The van der Waals surface area contributed by atoms with Crippen molar-refractivity contribution in [2.45, 2.75) is 157 Å². The lowest BCUT2D eigenvalue weighted by atomic mass is 9.91. The van der Waals surface area contributed by atoms with Crippen LogP contribution in [0.25, 0.3) is 134 Å². The van der Waals surface area contributed by atoms with Crippen molar-refractivity contribution in [2.24, 2.45) is 21.1 Å². The lowest BCUT2D eigenvalue weighted by Gasteiger charge is -2.29. The molecule has 2 unspecified atom stereocenters. The summed E-state index contributed by atoms with van der Waals surface area (Å²) in [5.74, 6) is -1.29. The number of aromatic nitrogens is 9. The number of carbonyl (C=O) groups is 3. The first kappa shape index (κ1) is 90.2. The van der Waals surface area contributed by atoms with E-state index in [-0.39, 0.29) is 19.1 Å². The summed E-state index contributed by atoms with van der Waals surface area (Å²) in [6.07, 6.45) is 1.04. The Labute approximate surface area is 764 Å². The minimum absolute atomic E-state index is 0.257. The van der Waals surface area contributed by atoms with Crippen LogP contribution in [0, 0.1) is 20.8 Å². The van der Waals surface area contributed by atoms with Gasteiger partial charge in [0, 0.05) is 133 Å². The number of carboxylic acid groups (broad SMARTS) is 1. The Kier molecular flexibility index (Phi) is 26.1. The Morgan fingerprint density at radius 2 is 0.787 bits per heavy atom. The molecule has 0 bridgehead atoms. The molecule has 0 aliphatic carbocycles. The summed E-state index contributed by atoms with van der Waals surface area (Å²) < 4.78 is 55.6. The average Bonchev–Trinajstić information content (AvgIpc) is 1.65. The van der Waals surface area contributed by atoms with Crippen molar-refractivity contribution in [1.82, 2.24) is 44.3 Å². The molecule has 3 aliphatic rings. The lowest BCUT2D eigenvalue weighted by molar-refractivity contribution is -0.167. The second-order valence-corrected chi connectivity index (χ2v) is 39.6. The zero-order valence-electron chi connectivity index (χ0n) is 74.2. The Bertz CT molecular complexity index is 6750. The summed E-state index contributed by atoms with van der Waals surface area (Å²) in [6.45, 7) is 31.4. The van der Waals surface area contributed by atoms with E-state index < -0.39 is 53.0 Å². The predicted molar refractivity (Wildman–Crippen MR) is 510 cm³/mol. The topological polar surface area (TPSA) is 237 Å². The molecule has 27 heteroatoms. The second-order valence-electron chi connectivity index (χ2n) is 35.3. The average molecular weight is 1820 g/mol. The largest absolute Gasteiger partial charge is 0.479 e. The normalized spacial score (nSPS) is 15.8. The summed E-state index contributed by atoms with van der Waals surface area (Å²) in [5, 5.41) is 32.6.